The van der Waals surface area contributed by atoms with Gasteiger partial charge in [0.05, 0.1) is 0 Å². The summed E-state index contributed by atoms with van der Waals surface area (Å²) in [6.07, 6.45) is 0. The van der Waals surface area contributed by atoms with Crippen LogP contribution in [0.3, 0.4) is 0 Å². The van der Waals surface area contributed by atoms with Crippen molar-refractivity contribution in [2.75, 3.05) is 0 Å². The number of hydrogen-bond donors (Lipinski definition) is 4. The summed E-state index contributed by atoms with van der Waals surface area (Å²) in [4.78, 5) is 0. The van der Waals surface area contributed by atoms with E-state index in [4.69, 9.17) is 20.4 Å². The Labute approximate surface area is 51.6 Å². The summed E-state index contributed by atoms with van der Waals surface area (Å²) >= 11 is 0. The third-order valence-corrected chi connectivity index (χ3v) is 0.434. The Balaban J connectivity index is 2.91. The second kappa shape index (κ2) is 4.68. The van der Waals surface area contributed by atoms with E-state index in [-0.39, 0.29) is 0 Å². The smallest absolute Gasteiger partial charge is 0.366 e. The fourth-order valence-corrected chi connectivity index (χ4v) is 0.161. The SMILES string of the molecule is OC(O)OBOC(O)O. The molecule has 0 rings (SSSR count). The van der Waals surface area contributed by atoms with Gasteiger partial charge in [-0.05, 0) is 0 Å². The van der Waals surface area contributed by atoms with E-state index in [1.807, 2.05) is 0 Å². The van der Waals surface area contributed by atoms with Gasteiger partial charge in [-0.25, -0.2) is 0 Å². The van der Waals surface area contributed by atoms with E-state index < -0.39 is 20.6 Å². The van der Waals surface area contributed by atoms with Gasteiger partial charge < -0.3 is 29.7 Å². The van der Waals surface area contributed by atoms with Crippen molar-refractivity contribution in [3.05, 3.63) is 0 Å². The number of aliphatic hydroxyl groups is 4. The Kier molecular flexibility index (Phi) is 4.59. The van der Waals surface area contributed by atoms with Gasteiger partial charge >= 0.3 is 7.69 Å². The Hall–Kier alpha value is -0.175. The number of hydrogen-bond acceptors (Lipinski definition) is 6. The van der Waals surface area contributed by atoms with Crippen molar-refractivity contribution in [3.8, 4) is 0 Å². The molecule has 0 amide bonds. The first kappa shape index (κ1) is 8.82. The highest BCUT2D eigenvalue weighted by Gasteiger charge is 2.02. The van der Waals surface area contributed by atoms with Gasteiger partial charge in [0.2, 0.25) is 0 Å². The Bertz CT molecular complexity index is 56.1. The molecule has 0 aliphatic carbocycles. The van der Waals surface area contributed by atoms with E-state index in [1.54, 1.807) is 0 Å². The van der Waals surface area contributed by atoms with Crippen molar-refractivity contribution in [1.82, 2.24) is 0 Å². The molecule has 9 heavy (non-hydrogen) atoms. The van der Waals surface area contributed by atoms with Crippen LogP contribution in [0.4, 0.5) is 0 Å². The zero-order valence-electron chi connectivity index (χ0n) is 4.47. The molecule has 0 unspecified atom stereocenters. The van der Waals surface area contributed by atoms with Crippen LogP contribution >= 0.6 is 0 Å². The van der Waals surface area contributed by atoms with Crippen LogP contribution in [-0.2, 0) is 9.31 Å². The molecule has 6 nitrogen and oxygen atoms in total. The van der Waals surface area contributed by atoms with Crippen LogP contribution in [0.25, 0.3) is 0 Å². The summed E-state index contributed by atoms with van der Waals surface area (Å²) in [5.74, 6) is 0. The monoisotopic (exact) mass is 138 g/mol. The largest absolute Gasteiger partial charge is 0.445 e. The molecule has 4 N–H and O–H groups in total. The van der Waals surface area contributed by atoms with Crippen molar-refractivity contribution < 1.29 is 29.7 Å². The fourth-order valence-electron chi connectivity index (χ4n) is 0.161. The molecular formula is C2H7BO6. The zero-order chi connectivity index (χ0) is 7.28. The average Bonchev–Trinajstić information content (AvgIpc) is 1.63. The van der Waals surface area contributed by atoms with Gasteiger partial charge in [-0.2, -0.15) is 0 Å². The van der Waals surface area contributed by atoms with Gasteiger partial charge in [0, 0.05) is 0 Å². The maximum atomic E-state index is 7.96. The van der Waals surface area contributed by atoms with E-state index in [9.17, 15) is 0 Å². The third-order valence-electron chi connectivity index (χ3n) is 0.434. The van der Waals surface area contributed by atoms with E-state index in [2.05, 4.69) is 9.31 Å². The lowest BCUT2D eigenvalue weighted by Crippen LogP contribution is -2.21. The second-order valence-electron chi connectivity index (χ2n) is 1.10. The first-order valence-corrected chi connectivity index (χ1v) is 2.08. The maximum absolute atomic E-state index is 7.96. The molecule has 0 aromatic heterocycles. The molecule has 0 aromatic carbocycles. The van der Waals surface area contributed by atoms with E-state index >= 15 is 0 Å². The van der Waals surface area contributed by atoms with Crippen LogP contribution in [0, 0.1) is 0 Å². The minimum absolute atomic E-state index is 0.588. The topological polar surface area (TPSA) is 99.4 Å². The van der Waals surface area contributed by atoms with Crippen LogP contribution in [0.5, 0.6) is 0 Å². The molecule has 0 atom stereocenters. The highest BCUT2D eigenvalue weighted by Crippen LogP contribution is 1.81. The highest BCUT2D eigenvalue weighted by atomic mass is 16.8. The van der Waals surface area contributed by atoms with Crippen molar-refractivity contribution >= 4 is 7.69 Å². The second-order valence-corrected chi connectivity index (χ2v) is 1.10. The van der Waals surface area contributed by atoms with Crippen LogP contribution in [0.1, 0.15) is 0 Å². The van der Waals surface area contributed by atoms with Gasteiger partial charge in [-0.3, -0.25) is 0 Å². The standard InChI is InChI=1S/C2H7BO6/c4-1(5)8-3-9-2(6)7/h1-7H. The minimum Gasteiger partial charge on any atom is -0.366 e. The summed E-state index contributed by atoms with van der Waals surface area (Å²) in [7, 11) is -0.588. The van der Waals surface area contributed by atoms with Gasteiger partial charge in [0.1, 0.15) is 0 Å². The zero-order valence-corrected chi connectivity index (χ0v) is 4.47. The summed E-state index contributed by atoms with van der Waals surface area (Å²) < 4.78 is 7.84. The number of rotatable bonds is 4. The summed E-state index contributed by atoms with van der Waals surface area (Å²) in [5, 5.41) is 31.8. The van der Waals surface area contributed by atoms with Crippen LogP contribution in [0.2, 0.25) is 0 Å². The molecule has 0 spiro atoms. The van der Waals surface area contributed by atoms with Gasteiger partial charge in [-0.1, -0.05) is 0 Å². The quantitative estimate of drug-likeness (QED) is 0.241. The molecule has 7 heteroatoms. The van der Waals surface area contributed by atoms with E-state index in [0.29, 0.717) is 0 Å². The average molecular weight is 138 g/mol. The molecule has 0 radical (unpaired) electrons. The maximum Gasteiger partial charge on any atom is 0.445 e. The first-order valence-electron chi connectivity index (χ1n) is 2.08. The van der Waals surface area contributed by atoms with E-state index in [1.165, 1.54) is 0 Å². The Morgan fingerprint density at radius 3 is 1.44 bits per heavy atom. The minimum atomic E-state index is -1.95. The molecule has 54 valence electrons. The Morgan fingerprint density at radius 2 is 1.22 bits per heavy atom. The predicted octanol–water partition coefficient (Wildman–Crippen LogP) is -3.18. The van der Waals surface area contributed by atoms with Gasteiger partial charge in [0.25, 0.3) is 13.0 Å². The summed E-state index contributed by atoms with van der Waals surface area (Å²) in [5.41, 5.74) is 0. The van der Waals surface area contributed by atoms with Crippen molar-refractivity contribution in [2.45, 2.75) is 13.0 Å². The molecule has 0 fully saturated rings. The molecule has 0 saturated heterocycles. The lowest BCUT2D eigenvalue weighted by atomic mass is 10.4. The lowest BCUT2D eigenvalue weighted by Gasteiger charge is -2.05. The van der Waals surface area contributed by atoms with Crippen molar-refractivity contribution in [1.29, 1.82) is 0 Å². The molecule has 0 bridgehead atoms. The summed E-state index contributed by atoms with van der Waals surface area (Å²) in [6, 6.07) is 0. The summed E-state index contributed by atoms with van der Waals surface area (Å²) in [6.45, 7) is -3.91. The Morgan fingerprint density at radius 1 is 0.889 bits per heavy atom. The molecule has 0 heterocycles. The number of aliphatic hydroxyl groups excluding tert-OH is 2. The van der Waals surface area contributed by atoms with Crippen LogP contribution in [0.15, 0.2) is 0 Å². The van der Waals surface area contributed by atoms with Crippen LogP contribution < -0.4 is 0 Å². The fraction of sp³-hybridized carbons (Fsp3) is 1.00. The molecule has 0 saturated carbocycles. The van der Waals surface area contributed by atoms with Gasteiger partial charge in [-0.15, -0.1) is 0 Å². The lowest BCUT2D eigenvalue weighted by molar-refractivity contribution is -0.217. The molecule has 0 aromatic rings. The normalized spacial score (nSPS) is 10.9. The molecule has 0 aliphatic heterocycles. The van der Waals surface area contributed by atoms with E-state index in [0.717, 1.165) is 0 Å². The first-order chi connectivity index (χ1) is 4.13. The highest BCUT2D eigenvalue weighted by molar-refractivity contribution is 6.17. The predicted molar refractivity (Wildman–Crippen MR) is 25.8 cm³/mol. The van der Waals surface area contributed by atoms with Crippen molar-refractivity contribution in [2.24, 2.45) is 0 Å². The van der Waals surface area contributed by atoms with Crippen molar-refractivity contribution in [3.63, 3.8) is 0 Å². The molecule has 0 aliphatic rings. The van der Waals surface area contributed by atoms with Crippen LogP contribution in [-0.4, -0.2) is 41.1 Å². The third kappa shape index (κ3) is 7.82. The molecular weight excluding hydrogens is 131 g/mol. The van der Waals surface area contributed by atoms with Gasteiger partial charge in [0.15, 0.2) is 0 Å².